The van der Waals surface area contributed by atoms with Crippen LogP contribution in [0.15, 0.2) is 24.3 Å². The minimum Gasteiger partial charge on any atom is -0.508 e. The van der Waals surface area contributed by atoms with Crippen LogP contribution in [0.5, 0.6) is 5.75 Å². The van der Waals surface area contributed by atoms with E-state index in [0.29, 0.717) is 18.8 Å². The van der Waals surface area contributed by atoms with Crippen molar-refractivity contribution in [3.05, 3.63) is 29.8 Å². The summed E-state index contributed by atoms with van der Waals surface area (Å²) in [5, 5.41) is 9.45. The second kappa shape index (κ2) is 7.75. The van der Waals surface area contributed by atoms with Crippen molar-refractivity contribution < 1.29 is 14.6 Å². The lowest BCUT2D eigenvalue weighted by Crippen LogP contribution is -2.58. The predicted molar refractivity (Wildman–Crippen MR) is 87.4 cm³/mol. The first-order valence-electron chi connectivity index (χ1n) is 8.30. The summed E-state index contributed by atoms with van der Waals surface area (Å²) in [6, 6.07) is 6.64. The van der Waals surface area contributed by atoms with E-state index >= 15 is 0 Å². The first-order chi connectivity index (χ1) is 10.6. The maximum atomic E-state index is 13.3. The summed E-state index contributed by atoms with van der Waals surface area (Å²) in [6.07, 6.45) is 3.79. The summed E-state index contributed by atoms with van der Waals surface area (Å²) in [6.45, 7) is 7.25. The standard InChI is InChI=1S/C18H27NO3/c1-3-5-10-18(4-2,19-11-13-22-14-12-19)17(21)15-6-8-16(20)9-7-15/h6-9,20H,3-5,10-14H2,1-2H3. The third-order valence-electron chi connectivity index (χ3n) is 4.70. The molecule has 1 aliphatic rings. The highest BCUT2D eigenvalue weighted by Gasteiger charge is 2.42. The van der Waals surface area contributed by atoms with Crippen molar-refractivity contribution in [3.8, 4) is 5.75 Å². The fourth-order valence-corrected chi connectivity index (χ4v) is 3.32. The maximum Gasteiger partial charge on any atom is 0.183 e. The lowest BCUT2D eigenvalue weighted by molar-refractivity contribution is -0.0195. The molecule has 1 unspecified atom stereocenters. The number of carbonyl (C=O) groups excluding carboxylic acids is 1. The van der Waals surface area contributed by atoms with Crippen LogP contribution in [-0.4, -0.2) is 47.6 Å². The number of carbonyl (C=O) groups is 1. The molecule has 1 heterocycles. The number of phenolic OH excluding ortho intramolecular Hbond substituents is 1. The number of ether oxygens (including phenoxy) is 1. The van der Waals surface area contributed by atoms with E-state index in [4.69, 9.17) is 4.74 Å². The van der Waals surface area contributed by atoms with E-state index in [1.807, 2.05) is 0 Å². The number of benzene rings is 1. The van der Waals surface area contributed by atoms with Crippen LogP contribution in [0.4, 0.5) is 0 Å². The second-order valence-electron chi connectivity index (χ2n) is 5.96. The minimum atomic E-state index is -0.448. The number of hydrogen-bond donors (Lipinski definition) is 1. The van der Waals surface area contributed by atoms with Gasteiger partial charge in [0.15, 0.2) is 5.78 Å². The van der Waals surface area contributed by atoms with Crippen LogP contribution in [-0.2, 0) is 4.74 Å². The van der Waals surface area contributed by atoms with Crippen LogP contribution in [0, 0.1) is 0 Å². The maximum absolute atomic E-state index is 13.3. The molecule has 0 radical (unpaired) electrons. The van der Waals surface area contributed by atoms with Gasteiger partial charge in [0.2, 0.25) is 0 Å². The van der Waals surface area contributed by atoms with Crippen molar-refractivity contribution in [2.24, 2.45) is 0 Å². The summed E-state index contributed by atoms with van der Waals surface area (Å²) in [7, 11) is 0. The third-order valence-corrected chi connectivity index (χ3v) is 4.70. The van der Waals surface area contributed by atoms with E-state index in [1.165, 1.54) is 0 Å². The number of rotatable bonds is 7. The van der Waals surface area contributed by atoms with Gasteiger partial charge in [-0.2, -0.15) is 0 Å². The van der Waals surface area contributed by atoms with Gasteiger partial charge in [-0.1, -0.05) is 26.7 Å². The van der Waals surface area contributed by atoms with Crippen LogP contribution in [0.3, 0.4) is 0 Å². The molecule has 0 bridgehead atoms. The van der Waals surface area contributed by atoms with Crippen molar-refractivity contribution in [2.45, 2.75) is 45.1 Å². The van der Waals surface area contributed by atoms with Gasteiger partial charge in [-0.15, -0.1) is 0 Å². The second-order valence-corrected chi connectivity index (χ2v) is 5.96. The van der Waals surface area contributed by atoms with E-state index in [1.54, 1.807) is 24.3 Å². The van der Waals surface area contributed by atoms with Crippen LogP contribution in [0.1, 0.15) is 49.9 Å². The highest BCUT2D eigenvalue weighted by Crippen LogP contribution is 2.32. The predicted octanol–water partition coefficient (Wildman–Crippen LogP) is 3.25. The zero-order valence-corrected chi connectivity index (χ0v) is 13.7. The van der Waals surface area contributed by atoms with Gasteiger partial charge in [0.25, 0.3) is 0 Å². The lowest BCUT2D eigenvalue weighted by atomic mass is 9.80. The number of phenols is 1. The highest BCUT2D eigenvalue weighted by molar-refractivity contribution is 6.03. The topological polar surface area (TPSA) is 49.8 Å². The van der Waals surface area contributed by atoms with Gasteiger partial charge >= 0.3 is 0 Å². The van der Waals surface area contributed by atoms with E-state index in [9.17, 15) is 9.90 Å². The van der Waals surface area contributed by atoms with E-state index in [0.717, 1.165) is 38.8 Å². The van der Waals surface area contributed by atoms with Crippen LogP contribution in [0.25, 0.3) is 0 Å². The number of ketones is 1. The Morgan fingerprint density at radius 2 is 1.86 bits per heavy atom. The van der Waals surface area contributed by atoms with Crippen molar-refractivity contribution in [1.29, 1.82) is 0 Å². The molecule has 4 nitrogen and oxygen atoms in total. The number of Topliss-reactive ketones (excluding diaryl/α,β-unsaturated/α-hetero) is 1. The number of aromatic hydroxyl groups is 1. The lowest BCUT2D eigenvalue weighted by Gasteiger charge is -2.44. The molecular weight excluding hydrogens is 278 g/mol. The summed E-state index contributed by atoms with van der Waals surface area (Å²) in [4.78, 5) is 15.6. The largest absolute Gasteiger partial charge is 0.508 e. The van der Waals surface area contributed by atoms with Crippen LogP contribution in [0.2, 0.25) is 0 Å². The molecule has 1 aliphatic heterocycles. The normalized spacial score (nSPS) is 18.8. The fraction of sp³-hybridized carbons (Fsp3) is 0.611. The summed E-state index contributed by atoms with van der Waals surface area (Å²) >= 11 is 0. The van der Waals surface area contributed by atoms with Crippen molar-refractivity contribution in [3.63, 3.8) is 0 Å². The van der Waals surface area contributed by atoms with E-state index in [2.05, 4.69) is 18.7 Å². The quantitative estimate of drug-likeness (QED) is 0.786. The number of morpholine rings is 1. The molecule has 0 aliphatic carbocycles. The first-order valence-corrected chi connectivity index (χ1v) is 8.30. The summed E-state index contributed by atoms with van der Waals surface area (Å²) in [5.74, 6) is 0.365. The van der Waals surface area contributed by atoms with Gasteiger partial charge in [-0.25, -0.2) is 0 Å². The van der Waals surface area contributed by atoms with Crippen molar-refractivity contribution in [1.82, 2.24) is 4.90 Å². The Labute approximate surface area is 133 Å². The summed E-state index contributed by atoms with van der Waals surface area (Å²) in [5.41, 5.74) is 0.235. The molecule has 1 saturated heterocycles. The van der Waals surface area contributed by atoms with Crippen molar-refractivity contribution >= 4 is 5.78 Å². The van der Waals surface area contributed by atoms with Crippen LogP contribution >= 0.6 is 0 Å². The third kappa shape index (κ3) is 3.50. The number of nitrogens with zero attached hydrogens (tertiary/aromatic N) is 1. The first kappa shape index (κ1) is 17.0. The van der Waals surface area contributed by atoms with Crippen LogP contribution < -0.4 is 0 Å². The molecule has 1 aromatic carbocycles. The Hall–Kier alpha value is -1.39. The molecule has 1 aromatic rings. The summed E-state index contributed by atoms with van der Waals surface area (Å²) < 4.78 is 5.46. The Morgan fingerprint density at radius 3 is 2.41 bits per heavy atom. The van der Waals surface area contributed by atoms with Gasteiger partial charge in [-0.05, 0) is 37.1 Å². The number of unbranched alkanes of at least 4 members (excludes halogenated alkanes) is 1. The SMILES string of the molecule is CCCCC(CC)(C(=O)c1ccc(O)cc1)N1CCOCC1. The molecule has 0 amide bonds. The van der Waals surface area contributed by atoms with Gasteiger partial charge in [0, 0.05) is 18.7 Å². The molecule has 1 N–H and O–H groups in total. The molecule has 1 atom stereocenters. The van der Waals surface area contributed by atoms with E-state index in [-0.39, 0.29) is 11.5 Å². The monoisotopic (exact) mass is 305 g/mol. The fourth-order valence-electron chi connectivity index (χ4n) is 3.32. The van der Waals surface area contributed by atoms with Gasteiger partial charge < -0.3 is 9.84 Å². The molecule has 1 fully saturated rings. The smallest absolute Gasteiger partial charge is 0.183 e. The zero-order valence-electron chi connectivity index (χ0n) is 13.7. The Balaban J connectivity index is 2.32. The zero-order chi connectivity index (χ0) is 16.0. The Kier molecular flexibility index (Phi) is 5.98. The molecule has 22 heavy (non-hydrogen) atoms. The molecule has 0 saturated carbocycles. The Bertz CT molecular complexity index is 480. The molecule has 2 rings (SSSR count). The van der Waals surface area contributed by atoms with Gasteiger partial charge in [0.1, 0.15) is 5.75 Å². The average Bonchev–Trinajstić information content (AvgIpc) is 2.57. The minimum absolute atomic E-state index is 0.172. The number of hydrogen-bond acceptors (Lipinski definition) is 4. The molecule has 4 heteroatoms. The van der Waals surface area contributed by atoms with Crippen molar-refractivity contribution in [2.75, 3.05) is 26.3 Å². The molecule has 0 spiro atoms. The Morgan fingerprint density at radius 1 is 1.23 bits per heavy atom. The van der Waals surface area contributed by atoms with Gasteiger partial charge in [0.05, 0.1) is 18.8 Å². The molecule has 122 valence electrons. The van der Waals surface area contributed by atoms with E-state index < -0.39 is 5.54 Å². The molecular formula is C18H27NO3. The van der Waals surface area contributed by atoms with Gasteiger partial charge in [-0.3, -0.25) is 9.69 Å². The average molecular weight is 305 g/mol. The molecule has 0 aromatic heterocycles. The highest BCUT2D eigenvalue weighted by atomic mass is 16.5.